The van der Waals surface area contributed by atoms with Crippen LogP contribution in [-0.4, -0.2) is 37.0 Å². The maximum atomic E-state index is 12.3. The molecule has 2 rings (SSSR count). The molecule has 3 amide bonds. The van der Waals surface area contributed by atoms with Gasteiger partial charge in [0.2, 0.25) is 0 Å². The molecule has 21 heavy (non-hydrogen) atoms. The summed E-state index contributed by atoms with van der Waals surface area (Å²) in [5.41, 5.74) is 1.18. The normalized spacial score (nSPS) is 21.8. The monoisotopic (exact) mass is 289 g/mol. The standard InChI is InChI=1S/C16H23N3O2/c1-11-7-12(2)10-19(9-11)16(21)18-14-6-4-5-13(8-14)15(20)17-3/h4-6,8,11-12H,7,9-10H2,1-3H3,(H,17,20)(H,18,21)/t11-,12+. The molecular formula is C16H23N3O2. The summed E-state index contributed by atoms with van der Waals surface area (Å²) in [7, 11) is 1.59. The van der Waals surface area contributed by atoms with Crippen molar-refractivity contribution in [3.8, 4) is 0 Å². The van der Waals surface area contributed by atoms with Crippen LogP contribution in [0.25, 0.3) is 0 Å². The van der Waals surface area contributed by atoms with Crippen LogP contribution in [0, 0.1) is 11.8 Å². The Morgan fingerprint density at radius 2 is 1.86 bits per heavy atom. The molecule has 0 saturated carbocycles. The number of nitrogens with one attached hydrogen (secondary N) is 2. The molecule has 114 valence electrons. The van der Waals surface area contributed by atoms with Crippen molar-refractivity contribution in [1.82, 2.24) is 10.2 Å². The second-order valence-corrected chi connectivity index (χ2v) is 5.94. The molecule has 5 heteroatoms. The van der Waals surface area contributed by atoms with E-state index in [9.17, 15) is 9.59 Å². The van der Waals surface area contributed by atoms with E-state index in [2.05, 4.69) is 24.5 Å². The van der Waals surface area contributed by atoms with Gasteiger partial charge in [-0.2, -0.15) is 0 Å². The molecule has 1 fully saturated rings. The summed E-state index contributed by atoms with van der Waals surface area (Å²) in [4.78, 5) is 25.8. The number of amides is 3. The first kappa shape index (κ1) is 15.4. The van der Waals surface area contributed by atoms with Gasteiger partial charge in [0.1, 0.15) is 0 Å². The van der Waals surface area contributed by atoms with Gasteiger partial charge in [0.05, 0.1) is 0 Å². The van der Waals surface area contributed by atoms with Gasteiger partial charge in [0, 0.05) is 31.4 Å². The zero-order chi connectivity index (χ0) is 15.4. The van der Waals surface area contributed by atoms with Crippen LogP contribution >= 0.6 is 0 Å². The topological polar surface area (TPSA) is 61.4 Å². The lowest BCUT2D eigenvalue weighted by molar-refractivity contribution is 0.0963. The quantitative estimate of drug-likeness (QED) is 0.879. The molecule has 1 heterocycles. The average Bonchev–Trinajstić information content (AvgIpc) is 2.45. The number of hydrogen-bond donors (Lipinski definition) is 2. The van der Waals surface area contributed by atoms with Gasteiger partial charge in [0.15, 0.2) is 0 Å². The lowest BCUT2D eigenvalue weighted by Gasteiger charge is -2.34. The zero-order valence-electron chi connectivity index (χ0n) is 12.8. The molecule has 0 radical (unpaired) electrons. The number of carbonyl (C=O) groups excluding carboxylic acids is 2. The zero-order valence-corrected chi connectivity index (χ0v) is 12.8. The van der Waals surface area contributed by atoms with Crippen molar-refractivity contribution < 1.29 is 9.59 Å². The van der Waals surface area contributed by atoms with E-state index in [-0.39, 0.29) is 11.9 Å². The minimum Gasteiger partial charge on any atom is -0.355 e. The van der Waals surface area contributed by atoms with E-state index in [0.29, 0.717) is 23.1 Å². The molecule has 1 aliphatic heterocycles. The molecule has 0 unspecified atom stereocenters. The Balaban J connectivity index is 2.04. The number of hydrogen-bond acceptors (Lipinski definition) is 2. The lowest BCUT2D eigenvalue weighted by Crippen LogP contribution is -2.44. The van der Waals surface area contributed by atoms with Gasteiger partial charge in [0.25, 0.3) is 5.91 Å². The fourth-order valence-corrected chi connectivity index (χ4v) is 2.91. The minimum atomic E-state index is -0.161. The highest BCUT2D eigenvalue weighted by Crippen LogP contribution is 2.22. The van der Waals surface area contributed by atoms with Gasteiger partial charge < -0.3 is 15.5 Å². The molecule has 0 aliphatic carbocycles. The molecule has 1 saturated heterocycles. The highest BCUT2D eigenvalue weighted by atomic mass is 16.2. The molecule has 2 N–H and O–H groups in total. The summed E-state index contributed by atoms with van der Waals surface area (Å²) in [6.45, 7) is 5.90. The second kappa shape index (κ2) is 6.61. The number of benzene rings is 1. The third-order valence-corrected chi connectivity index (χ3v) is 3.76. The summed E-state index contributed by atoms with van der Waals surface area (Å²) in [6, 6.07) is 6.87. The SMILES string of the molecule is CNC(=O)c1cccc(NC(=O)N2C[C@H](C)C[C@H](C)C2)c1. The number of carbonyl (C=O) groups is 2. The molecule has 0 aromatic heterocycles. The third kappa shape index (κ3) is 3.97. The van der Waals surface area contributed by atoms with Crippen molar-refractivity contribution in [2.24, 2.45) is 11.8 Å². The van der Waals surface area contributed by atoms with Crippen LogP contribution < -0.4 is 10.6 Å². The molecule has 0 spiro atoms. The number of anilines is 1. The Labute approximate surface area is 125 Å². The van der Waals surface area contributed by atoms with Crippen LogP contribution in [0.4, 0.5) is 10.5 Å². The van der Waals surface area contributed by atoms with Crippen molar-refractivity contribution in [3.63, 3.8) is 0 Å². The van der Waals surface area contributed by atoms with E-state index in [0.717, 1.165) is 19.5 Å². The van der Waals surface area contributed by atoms with E-state index in [1.807, 2.05) is 4.90 Å². The van der Waals surface area contributed by atoms with Crippen LogP contribution in [0.15, 0.2) is 24.3 Å². The van der Waals surface area contributed by atoms with Crippen molar-refractivity contribution in [2.45, 2.75) is 20.3 Å². The van der Waals surface area contributed by atoms with Crippen molar-refractivity contribution in [2.75, 3.05) is 25.5 Å². The molecule has 2 atom stereocenters. The predicted molar refractivity (Wildman–Crippen MR) is 83.4 cm³/mol. The van der Waals surface area contributed by atoms with E-state index in [1.165, 1.54) is 0 Å². The van der Waals surface area contributed by atoms with Crippen LogP contribution in [-0.2, 0) is 0 Å². The Morgan fingerprint density at radius 1 is 1.19 bits per heavy atom. The van der Waals surface area contributed by atoms with Gasteiger partial charge in [-0.15, -0.1) is 0 Å². The van der Waals surface area contributed by atoms with Gasteiger partial charge in [-0.25, -0.2) is 4.79 Å². The molecule has 0 bridgehead atoms. The van der Waals surface area contributed by atoms with Gasteiger partial charge in [-0.05, 0) is 36.5 Å². The molecular weight excluding hydrogens is 266 g/mol. The smallest absolute Gasteiger partial charge is 0.321 e. The number of rotatable bonds is 2. The van der Waals surface area contributed by atoms with E-state index >= 15 is 0 Å². The maximum absolute atomic E-state index is 12.3. The Kier molecular flexibility index (Phi) is 4.83. The summed E-state index contributed by atoms with van der Waals surface area (Å²) < 4.78 is 0. The van der Waals surface area contributed by atoms with Gasteiger partial charge >= 0.3 is 6.03 Å². The average molecular weight is 289 g/mol. The Morgan fingerprint density at radius 3 is 2.48 bits per heavy atom. The largest absolute Gasteiger partial charge is 0.355 e. The van der Waals surface area contributed by atoms with Gasteiger partial charge in [-0.1, -0.05) is 19.9 Å². The number of likely N-dealkylation sites (tertiary alicyclic amines) is 1. The molecule has 1 aromatic rings. The van der Waals surface area contributed by atoms with Crippen molar-refractivity contribution in [1.29, 1.82) is 0 Å². The summed E-state index contributed by atoms with van der Waals surface area (Å²) in [6.07, 6.45) is 1.16. The molecule has 5 nitrogen and oxygen atoms in total. The van der Waals surface area contributed by atoms with Crippen LogP contribution in [0.2, 0.25) is 0 Å². The first-order valence-electron chi connectivity index (χ1n) is 7.37. The number of urea groups is 1. The predicted octanol–water partition coefficient (Wildman–Crippen LogP) is 2.56. The fraction of sp³-hybridized carbons (Fsp3) is 0.500. The highest BCUT2D eigenvalue weighted by molar-refractivity contribution is 5.96. The van der Waals surface area contributed by atoms with Crippen molar-refractivity contribution >= 4 is 17.6 Å². The Bertz CT molecular complexity index is 520. The second-order valence-electron chi connectivity index (χ2n) is 5.94. The maximum Gasteiger partial charge on any atom is 0.321 e. The number of piperidine rings is 1. The summed E-state index contributed by atoms with van der Waals surface area (Å²) >= 11 is 0. The van der Waals surface area contributed by atoms with Gasteiger partial charge in [-0.3, -0.25) is 4.79 Å². The van der Waals surface area contributed by atoms with Crippen molar-refractivity contribution in [3.05, 3.63) is 29.8 Å². The van der Waals surface area contributed by atoms with Crippen LogP contribution in [0.1, 0.15) is 30.6 Å². The van der Waals surface area contributed by atoms with E-state index < -0.39 is 0 Å². The summed E-state index contributed by atoms with van der Waals surface area (Å²) in [5.74, 6) is 0.889. The number of nitrogens with zero attached hydrogens (tertiary/aromatic N) is 1. The molecule has 1 aromatic carbocycles. The van der Waals surface area contributed by atoms with Crippen LogP contribution in [0.3, 0.4) is 0 Å². The molecule has 1 aliphatic rings. The minimum absolute atomic E-state index is 0.0949. The first-order valence-corrected chi connectivity index (χ1v) is 7.37. The highest BCUT2D eigenvalue weighted by Gasteiger charge is 2.25. The Hall–Kier alpha value is -2.04. The first-order chi connectivity index (χ1) is 9.99. The van der Waals surface area contributed by atoms with E-state index in [1.54, 1.807) is 31.3 Å². The fourth-order valence-electron chi connectivity index (χ4n) is 2.91. The third-order valence-electron chi connectivity index (χ3n) is 3.76. The summed E-state index contributed by atoms with van der Waals surface area (Å²) in [5, 5.41) is 5.45. The van der Waals surface area contributed by atoms with E-state index in [4.69, 9.17) is 0 Å². The van der Waals surface area contributed by atoms with Crippen LogP contribution in [0.5, 0.6) is 0 Å². The lowest BCUT2D eigenvalue weighted by atomic mass is 9.92.